The SMILES string of the molecule is Cc1nnc(Sc2nccc(C)c2Br)s1. The predicted molar refractivity (Wildman–Crippen MR) is 65.4 cm³/mol. The van der Waals surface area contributed by atoms with Crippen molar-refractivity contribution in [2.45, 2.75) is 23.2 Å². The standard InChI is InChI=1S/C9H8BrN3S2/c1-5-3-4-11-8(7(5)10)15-9-13-12-6(2)14-9/h3-4H,1-2H3. The number of hydrogen-bond donors (Lipinski definition) is 0. The van der Waals surface area contributed by atoms with Crippen LogP contribution < -0.4 is 0 Å². The van der Waals surface area contributed by atoms with Crippen molar-refractivity contribution in [1.82, 2.24) is 15.2 Å². The molecule has 0 unspecified atom stereocenters. The van der Waals surface area contributed by atoms with Gasteiger partial charge in [0.15, 0.2) is 4.34 Å². The number of halogens is 1. The molecule has 6 heteroatoms. The first-order valence-electron chi connectivity index (χ1n) is 4.26. The molecule has 2 aromatic heterocycles. The molecule has 3 nitrogen and oxygen atoms in total. The van der Waals surface area contributed by atoms with E-state index in [4.69, 9.17) is 0 Å². The molecule has 0 atom stereocenters. The summed E-state index contributed by atoms with van der Waals surface area (Å²) in [6, 6.07) is 1.97. The third kappa shape index (κ3) is 2.56. The minimum absolute atomic E-state index is 0.923. The Labute approximate surface area is 104 Å². The Kier molecular flexibility index (Phi) is 3.38. The van der Waals surface area contributed by atoms with Gasteiger partial charge >= 0.3 is 0 Å². The average Bonchev–Trinajstić information content (AvgIpc) is 2.59. The maximum atomic E-state index is 4.30. The highest BCUT2D eigenvalue weighted by Gasteiger charge is 2.09. The second-order valence-electron chi connectivity index (χ2n) is 2.94. The lowest BCUT2D eigenvalue weighted by Crippen LogP contribution is -1.84. The van der Waals surface area contributed by atoms with Crippen LogP contribution in [0.4, 0.5) is 0 Å². The first kappa shape index (κ1) is 11.0. The smallest absolute Gasteiger partial charge is 0.180 e. The molecule has 0 saturated carbocycles. The van der Waals surface area contributed by atoms with E-state index < -0.39 is 0 Å². The molecule has 0 spiro atoms. The fourth-order valence-corrected chi connectivity index (χ4v) is 3.26. The summed E-state index contributed by atoms with van der Waals surface area (Å²) in [5, 5.41) is 9.93. The fraction of sp³-hybridized carbons (Fsp3) is 0.222. The molecule has 0 aliphatic rings. The molecular formula is C9H8BrN3S2. The monoisotopic (exact) mass is 301 g/mol. The molecule has 0 aliphatic carbocycles. The highest BCUT2D eigenvalue weighted by molar-refractivity contribution is 9.10. The van der Waals surface area contributed by atoms with Gasteiger partial charge in [-0.3, -0.25) is 0 Å². The third-order valence-corrected chi connectivity index (χ3v) is 4.90. The van der Waals surface area contributed by atoms with Gasteiger partial charge in [-0.1, -0.05) is 11.3 Å². The highest BCUT2D eigenvalue weighted by Crippen LogP contribution is 2.34. The number of hydrogen-bond acceptors (Lipinski definition) is 5. The first-order chi connectivity index (χ1) is 7.16. The largest absolute Gasteiger partial charge is 0.248 e. The molecule has 0 N–H and O–H groups in total. The minimum atomic E-state index is 0.923. The maximum Gasteiger partial charge on any atom is 0.180 e. The summed E-state index contributed by atoms with van der Waals surface area (Å²) in [5.41, 5.74) is 1.17. The first-order valence-corrected chi connectivity index (χ1v) is 6.68. The van der Waals surface area contributed by atoms with Gasteiger partial charge in [0.1, 0.15) is 10.0 Å². The zero-order chi connectivity index (χ0) is 10.8. The van der Waals surface area contributed by atoms with Crippen LogP contribution in [0.25, 0.3) is 0 Å². The van der Waals surface area contributed by atoms with E-state index in [0.717, 1.165) is 18.8 Å². The zero-order valence-corrected chi connectivity index (χ0v) is 11.4. The van der Waals surface area contributed by atoms with Crippen LogP contribution in [0.3, 0.4) is 0 Å². The van der Waals surface area contributed by atoms with Gasteiger partial charge in [-0.25, -0.2) is 4.98 Å². The van der Waals surface area contributed by atoms with E-state index in [1.165, 1.54) is 17.3 Å². The number of rotatable bonds is 2. The van der Waals surface area contributed by atoms with Crippen molar-refractivity contribution < 1.29 is 0 Å². The number of aryl methyl sites for hydroxylation is 2. The topological polar surface area (TPSA) is 38.7 Å². The van der Waals surface area contributed by atoms with Gasteiger partial charge in [-0.15, -0.1) is 10.2 Å². The van der Waals surface area contributed by atoms with E-state index in [1.54, 1.807) is 17.5 Å². The van der Waals surface area contributed by atoms with E-state index in [2.05, 4.69) is 31.1 Å². The van der Waals surface area contributed by atoms with Crippen molar-refractivity contribution >= 4 is 39.0 Å². The molecule has 78 valence electrons. The molecule has 2 heterocycles. The van der Waals surface area contributed by atoms with Crippen LogP contribution in [0.5, 0.6) is 0 Å². The van der Waals surface area contributed by atoms with Crippen LogP contribution in [0.1, 0.15) is 10.6 Å². The van der Waals surface area contributed by atoms with Crippen LogP contribution in [-0.4, -0.2) is 15.2 Å². The summed E-state index contributed by atoms with van der Waals surface area (Å²) >= 11 is 6.63. The van der Waals surface area contributed by atoms with E-state index in [0.29, 0.717) is 0 Å². The van der Waals surface area contributed by atoms with Crippen molar-refractivity contribution in [1.29, 1.82) is 0 Å². The maximum absolute atomic E-state index is 4.30. The van der Waals surface area contributed by atoms with Crippen molar-refractivity contribution in [3.05, 3.63) is 27.3 Å². The lowest BCUT2D eigenvalue weighted by atomic mass is 10.3. The van der Waals surface area contributed by atoms with Gasteiger partial charge in [-0.2, -0.15) is 0 Å². The molecule has 0 fully saturated rings. The molecule has 0 aliphatic heterocycles. The summed E-state index contributed by atoms with van der Waals surface area (Å²) in [5.74, 6) is 0. The Bertz CT molecular complexity index is 484. The third-order valence-electron chi connectivity index (χ3n) is 1.74. The van der Waals surface area contributed by atoms with Gasteiger partial charge in [-0.05, 0) is 53.2 Å². The normalized spacial score (nSPS) is 10.6. The number of nitrogens with zero attached hydrogens (tertiary/aromatic N) is 3. The molecule has 0 aromatic carbocycles. The Balaban J connectivity index is 2.28. The van der Waals surface area contributed by atoms with Crippen LogP contribution in [0.15, 0.2) is 26.1 Å². The van der Waals surface area contributed by atoms with Gasteiger partial charge in [0.25, 0.3) is 0 Å². The summed E-state index contributed by atoms with van der Waals surface area (Å²) in [6.07, 6.45) is 1.80. The van der Waals surface area contributed by atoms with Gasteiger partial charge < -0.3 is 0 Å². The van der Waals surface area contributed by atoms with Crippen LogP contribution in [0, 0.1) is 13.8 Å². The molecule has 15 heavy (non-hydrogen) atoms. The molecule has 0 bridgehead atoms. The number of aromatic nitrogens is 3. The van der Waals surface area contributed by atoms with Crippen LogP contribution in [0.2, 0.25) is 0 Å². The van der Waals surface area contributed by atoms with Crippen LogP contribution in [-0.2, 0) is 0 Å². The molecule has 2 aromatic rings. The summed E-state index contributed by atoms with van der Waals surface area (Å²) in [6.45, 7) is 3.99. The van der Waals surface area contributed by atoms with E-state index in [-0.39, 0.29) is 0 Å². The Morgan fingerprint density at radius 3 is 2.80 bits per heavy atom. The number of pyridine rings is 1. The molecule has 0 amide bonds. The van der Waals surface area contributed by atoms with E-state index in [9.17, 15) is 0 Å². The fourth-order valence-electron chi connectivity index (χ4n) is 0.989. The second kappa shape index (κ2) is 4.59. The Morgan fingerprint density at radius 1 is 1.33 bits per heavy atom. The quantitative estimate of drug-likeness (QED) is 0.851. The zero-order valence-electron chi connectivity index (χ0n) is 8.19. The summed E-state index contributed by atoms with van der Waals surface area (Å²) < 4.78 is 1.95. The van der Waals surface area contributed by atoms with Gasteiger partial charge in [0, 0.05) is 6.20 Å². The lowest BCUT2D eigenvalue weighted by Gasteiger charge is -2.02. The molecule has 0 radical (unpaired) electrons. The van der Waals surface area contributed by atoms with Gasteiger partial charge in [0.05, 0.1) is 4.47 Å². The average molecular weight is 302 g/mol. The lowest BCUT2D eigenvalue weighted by molar-refractivity contribution is 0.978. The van der Waals surface area contributed by atoms with Crippen molar-refractivity contribution in [3.8, 4) is 0 Å². The summed E-state index contributed by atoms with van der Waals surface area (Å²) in [4.78, 5) is 4.30. The van der Waals surface area contributed by atoms with E-state index in [1.807, 2.05) is 19.9 Å². The predicted octanol–water partition coefficient (Wildman–Crippen LogP) is 3.46. The minimum Gasteiger partial charge on any atom is -0.248 e. The molecule has 2 rings (SSSR count). The van der Waals surface area contributed by atoms with Crippen LogP contribution >= 0.6 is 39.0 Å². The Hall–Kier alpha value is -0.460. The summed E-state index contributed by atoms with van der Waals surface area (Å²) in [7, 11) is 0. The van der Waals surface area contributed by atoms with Crippen molar-refractivity contribution in [2.24, 2.45) is 0 Å². The van der Waals surface area contributed by atoms with Gasteiger partial charge in [0.2, 0.25) is 0 Å². The highest BCUT2D eigenvalue weighted by atomic mass is 79.9. The van der Waals surface area contributed by atoms with E-state index >= 15 is 0 Å². The Morgan fingerprint density at radius 2 is 2.13 bits per heavy atom. The molecule has 0 saturated heterocycles. The molecular weight excluding hydrogens is 294 g/mol. The second-order valence-corrected chi connectivity index (χ2v) is 6.15. The van der Waals surface area contributed by atoms with Crippen molar-refractivity contribution in [3.63, 3.8) is 0 Å². The van der Waals surface area contributed by atoms with Crippen molar-refractivity contribution in [2.75, 3.05) is 0 Å².